The Bertz CT molecular complexity index is 3250. The first-order valence-electron chi connectivity index (χ1n) is 19.2. The van der Waals surface area contributed by atoms with Crippen molar-refractivity contribution in [2.45, 2.75) is 0 Å². The summed E-state index contributed by atoms with van der Waals surface area (Å²) in [5, 5.41) is 10.2. The van der Waals surface area contributed by atoms with Crippen molar-refractivity contribution in [1.29, 1.82) is 0 Å². The number of anilines is 3. The molecule has 0 spiro atoms. The van der Waals surface area contributed by atoms with Gasteiger partial charge in [-0.2, -0.15) is 0 Å². The lowest BCUT2D eigenvalue weighted by Gasteiger charge is -2.27. The largest absolute Gasteiger partial charge is 0.309 e. The summed E-state index contributed by atoms with van der Waals surface area (Å²) in [7, 11) is 0. The Balaban J connectivity index is 1.12. The molecule has 262 valence electrons. The van der Waals surface area contributed by atoms with Crippen LogP contribution >= 0.6 is 11.3 Å². The van der Waals surface area contributed by atoms with Gasteiger partial charge in [-0.15, -0.1) is 11.3 Å². The number of hydrogen-bond donors (Lipinski definition) is 0. The SMILES string of the molecule is c1ccc(-c2ccc(N(c3cccc(-c4ccccc4-c4cc5ccccc5c5ccccc45)c3)c3cccc4c3sc3c5ccccc5ccc43)cc2)cc1. The molecule has 0 aliphatic rings. The van der Waals surface area contributed by atoms with Crippen LogP contribution in [0.5, 0.6) is 0 Å². The highest BCUT2D eigenvalue weighted by molar-refractivity contribution is 7.27. The summed E-state index contributed by atoms with van der Waals surface area (Å²) in [5.74, 6) is 0. The quantitative estimate of drug-likeness (QED) is 0.154. The van der Waals surface area contributed by atoms with Crippen molar-refractivity contribution in [3.8, 4) is 33.4 Å². The standard InChI is InChI=1S/C54H35NS/c1-2-14-36(15-3-1)37-28-31-41(32-29-37)55(52-27-13-26-49-50-33-30-38-16-4-7-22-45(38)53(50)56-54(49)52)42-19-12-18-39(34-42)43-21-8-9-24-47(43)51-35-40-17-5-6-20-44(40)46-23-10-11-25-48(46)51/h1-35H. The maximum atomic E-state index is 2.45. The normalized spacial score (nSPS) is 11.6. The van der Waals surface area contributed by atoms with Crippen LogP contribution in [0.3, 0.4) is 0 Å². The Labute approximate surface area is 330 Å². The summed E-state index contributed by atoms with van der Waals surface area (Å²) < 4.78 is 2.61. The molecule has 56 heavy (non-hydrogen) atoms. The number of rotatable bonds is 6. The van der Waals surface area contributed by atoms with Crippen LogP contribution in [0.4, 0.5) is 17.1 Å². The number of thiophene rings is 1. The van der Waals surface area contributed by atoms with E-state index in [-0.39, 0.29) is 0 Å². The predicted molar refractivity (Wildman–Crippen MR) is 243 cm³/mol. The minimum Gasteiger partial charge on any atom is -0.309 e. The molecular formula is C54H35NS. The van der Waals surface area contributed by atoms with Crippen LogP contribution in [-0.2, 0) is 0 Å². The molecule has 0 fully saturated rings. The Morgan fingerprint density at radius 1 is 0.286 bits per heavy atom. The number of fused-ring (bicyclic) bond motifs is 8. The molecule has 0 radical (unpaired) electrons. The second-order valence-corrected chi connectivity index (χ2v) is 15.5. The van der Waals surface area contributed by atoms with Crippen LogP contribution in [0.15, 0.2) is 212 Å². The molecule has 0 saturated heterocycles. The summed E-state index contributed by atoms with van der Waals surface area (Å²) in [6.07, 6.45) is 0. The lowest BCUT2D eigenvalue weighted by molar-refractivity contribution is 1.30. The summed E-state index contributed by atoms with van der Waals surface area (Å²) >= 11 is 1.90. The van der Waals surface area contributed by atoms with Crippen molar-refractivity contribution in [2.75, 3.05) is 4.90 Å². The fraction of sp³-hybridized carbons (Fsp3) is 0. The first kappa shape index (κ1) is 32.4. The van der Waals surface area contributed by atoms with E-state index in [1.807, 2.05) is 11.3 Å². The van der Waals surface area contributed by atoms with Crippen molar-refractivity contribution in [3.05, 3.63) is 212 Å². The highest BCUT2D eigenvalue weighted by Crippen LogP contribution is 2.48. The van der Waals surface area contributed by atoms with Crippen molar-refractivity contribution in [2.24, 2.45) is 0 Å². The van der Waals surface area contributed by atoms with Gasteiger partial charge in [-0.25, -0.2) is 0 Å². The fourth-order valence-corrected chi connectivity index (χ4v) is 9.95. The van der Waals surface area contributed by atoms with E-state index in [4.69, 9.17) is 0 Å². The van der Waals surface area contributed by atoms with Crippen LogP contribution in [0.1, 0.15) is 0 Å². The third-order valence-corrected chi connectivity index (χ3v) is 12.5. The lowest BCUT2D eigenvalue weighted by Crippen LogP contribution is -2.10. The zero-order valence-electron chi connectivity index (χ0n) is 30.6. The lowest BCUT2D eigenvalue weighted by atomic mass is 9.89. The molecule has 0 amide bonds. The molecule has 1 aromatic heterocycles. The summed E-state index contributed by atoms with van der Waals surface area (Å²) in [6, 6.07) is 77.7. The molecule has 11 aromatic rings. The molecule has 1 nitrogen and oxygen atoms in total. The van der Waals surface area contributed by atoms with Gasteiger partial charge < -0.3 is 4.90 Å². The maximum absolute atomic E-state index is 2.45. The van der Waals surface area contributed by atoms with Crippen molar-refractivity contribution in [1.82, 2.24) is 0 Å². The van der Waals surface area contributed by atoms with Gasteiger partial charge in [0.1, 0.15) is 0 Å². The van der Waals surface area contributed by atoms with Crippen LogP contribution in [-0.4, -0.2) is 0 Å². The molecule has 0 aliphatic carbocycles. The summed E-state index contributed by atoms with van der Waals surface area (Å²) in [4.78, 5) is 2.45. The first-order valence-corrected chi connectivity index (χ1v) is 20.0. The second-order valence-electron chi connectivity index (χ2n) is 14.5. The van der Waals surface area contributed by atoms with Crippen LogP contribution in [0, 0.1) is 0 Å². The van der Waals surface area contributed by atoms with Crippen molar-refractivity contribution < 1.29 is 0 Å². The van der Waals surface area contributed by atoms with E-state index in [2.05, 4.69) is 217 Å². The maximum Gasteiger partial charge on any atom is 0.0640 e. The average Bonchev–Trinajstić information content (AvgIpc) is 3.67. The molecule has 0 unspecified atom stereocenters. The summed E-state index contributed by atoms with van der Waals surface area (Å²) in [6.45, 7) is 0. The third-order valence-electron chi connectivity index (χ3n) is 11.2. The number of nitrogens with zero attached hydrogens (tertiary/aromatic N) is 1. The van der Waals surface area contributed by atoms with Crippen molar-refractivity contribution in [3.63, 3.8) is 0 Å². The van der Waals surface area contributed by atoms with E-state index < -0.39 is 0 Å². The van der Waals surface area contributed by atoms with Gasteiger partial charge in [0.05, 0.1) is 10.4 Å². The molecular weight excluding hydrogens is 695 g/mol. The molecule has 11 rings (SSSR count). The van der Waals surface area contributed by atoms with Crippen LogP contribution < -0.4 is 4.90 Å². The van der Waals surface area contributed by atoms with Gasteiger partial charge in [0.25, 0.3) is 0 Å². The van der Waals surface area contributed by atoms with Gasteiger partial charge in [0.2, 0.25) is 0 Å². The average molecular weight is 730 g/mol. The minimum atomic E-state index is 1.11. The smallest absolute Gasteiger partial charge is 0.0640 e. The van der Waals surface area contributed by atoms with Gasteiger partial charge in [-0.05, 0) is 102 Å². The van der Waals surface area contributed by atoms with E-state index >= 15 is 0 Å². The van der Waals surface area contributed by atoms with E-state index in [1.165, 1.54) is 91.6 Å². The Morgan fingerprint density at radius 2 is 0.893 bits per heavy atom. The number of benzene rings is 10. The highest BCUT2D eigenvalue weighted by atomic mass is 32.1. The van der Waals surface area contributed by atoms with Crippen molar-refractivity contribution >= 4 is 80.9 Å². The minimum absolute atomic E-state index is 1.11. The van der Waals surface area contributed by atoms with Crippen LogP contribution in [0.25, 0.3) is 85.9 Å². The molecule has 0 aliphatic heterocycles. The first-order chi connectivity index (χ1) is 27.8. The highest BCUT2D eigenvalue weighted by Gasteiger charge is 2.20. The molecule has 0 bridgehead atoms. The van der Waals surface area contributed by atoms with Gasteiger partial charge in [-0.1, -0.05) is 176 Å². The fourth-order valence-electron chi connectivity index (χ4n) is 8.61. The van der Waals surface area contributed by atoms with Crippen LogP contribution in [0.2, 0.25) is 0 Å². The molecule has 2 heteroatoms. The van der Waals surface area contributed by atoms with Gasteiger partial charge in [0.15, 0.2) is 0 Å². The van der Waals surface area contributed by atoms with Gasteiger partial charge in [0, 0.05) is 26.8 Å². The molecule has 0 N–H and O–H groups in total. The Hall–Kier alpha value is -7.00. The Morgan fingerprint density at radius 3 is 1.73 bits per heavy atom. The van der Waals surface area contributed by atoms with Gasteiger partial charge >= 0.3 is 0 Å². The van der Waals surface area contributed by atoms with E-state index in [0.29, 0.717) is 0 Å². The van der Waals surface area contributed by atoms with E-state index in [0.717, 1.165) is 11.4 Å². The van der Waals surface area contributed by atoms with E-state index in [9.17, 15) is 0 Å². The predicted octanol–water partition coefficient (Wildman–Crippen LogP) is 16.0. The zero-order chi connectivity index (χ0) is 37.0. The molecule has 0 saturated carbocycles. The molecule has 10 aromatic carbocycles. The zero-order valence-corrected chi connectivity index (χ0v) is 31.4. The topological polar surface area (TPSA) is 3.24 Å². The van der Waals surface area contributed by atoms with E-state index in [1.54, 1.807) is 0 Å². The Kier molecular flexibility index (Phi) is 7.75. The molecule has 1 heterocycles. The summed E-state index contributed by atoms with van der Waals surface area (Å²) in [5.41, 5.74) is 10.7. The number of hydrogen-bond acceptors (Lipinski definition) is 2. The monoisotopic (exact) mass is 729 g/mol. The van der Waals surface area contributed by atoms with Gasteiger partial charge in [-0.3, -0.25) is 0 Å². The third kappa shape index (κ3) is 5.38. The second kappa shape index (κ2) is 13.4. The molecule has 0 atom stereocenters.